The van der Waals surface area contributed by atoms with Gasteiger partial charge in [-0.25, -0.2) is 15.0 Å². The van der Waals surface area contributed by atoms with Gasteiger partial charge >= 0.3 is 0 Å². The van der Waals surface area contributed by atoms with Gasteiger partial charge in [0.25, 0.3) is 0 Å². The number of hydrogen-bond donors (Lipinski definition) is 0. The van der Waals surface area contributed by atoms with Crippen molar-refractivity contribution in [3.63, 3.8) is 0 Å². The lowest BCUT2D eigenvalue weighted by atomic mass is 9.67. The van der Waals surface area contributed by atoms with Crippen molar-refractivity contribution in [1.82, 2.24) is 15.0 Å². The summed E-state index contributed by atoms with van der Waals surface area (Å²) in [5.41, 5.74) is 11.2. The predicted molar refractivity (Wildman–Crippen MR) is 192 cm³/mol. The van der Waals surface area contributed by atoms with Gasteiger partial charge in [0.1, 0.15) is 0 Å². The van der Waals surface area contributed by atoms with Crippen LogP contribution in [-0.4, -0.2) is 15.0 Å². The topological polar surface area (TPSA) is 38.7 Å². The van der Waals surface area contributed by atoms with Crippen LogP contribution in [-0.2, 0) is 10.8 Å². The summed E-state index contributed by atoms with van der Waals surface area (Å²) in [6.07, 6.45) is 0. The number of aromatic nitrogens is 3. The largest absolute Gasteiger partial charge is 0.208 e. The Morgan fingerprint density at radius 2 is 0.809 bits per heavy atom. The zero-order chi connectivity index (χ0) is 32.0. The monoisotopic (exact) mass is 605 g/mol. The molecule has 0 radical (unpaired) electrons. The summed E-state index contributed by atoms with van der Waals surface area (Å²) in [5, 5.41) is 0. The van der Waals surface area contributed by atoms with Gasteiger partial charge in [0.15, 0.2) is 17.5 Å². The Morgan fingerprint density at radius 1 is 0.404 bits per heavy atom. The maximum Gasteiger partial charge on any atom is 0.164 e. The van der Waals surface area contributed by atoms with E-state index in [4.69, 9.17) is 15.0 Å². The summed E-state index contributed by atoms with van der Waals surface area (Å²) in [6.45, 7) is 6.87. The van der Waals surface area contributed by atoms with E-state index in [-0.39, 0.29) is 5.41 Å². The highest BCUT2D eigenvalue weighted by Gasteiger charge is 2.46. The van der Waals surface area contributed by atoms with E-state index in [1.165, 1.54) is 38.9 Å². The van der Waals surface area contributed by atoms with Crippen molar-refractivity contribution in [1.29, 1.82) is 0 Å². The first kappa shape index (κ1) is 28.8. The molecule has 3 nitrogen and oxygen atoms in total. The Labute approximate surface area is 276 Å². The van der Waals surface area contributed by atoms with Crippen LogP contribution in [0.1, 0.15) is 48.6 Å². The molecule has 0 saturated carbocycles. The van der Waals surface area contributed by atoms with Gasteiger partial charge in [-0.1, -0.05) is 172 Å². The summed E-state index contributed by atoms with van der Waals surface area (Å²) in [4.78, 5) is 15.1. The van der Waals surface area contributed by atoms with Crippen molar-refractivity contribution >= 4 is 0 Å². The summed E-state index contributed by atoms with van der Waals surface area (Å²) >= 11 is 0. The second kappa shape index (κ2) is 11.3. The maximum absolute atomic E-state index is 5.09. The molecule has 1 aliphatic rings. The molecule has 0 N–H and O–H groups in total. The van der Waals surface area contributed by atoms with E-state index in [1.807, 2.05) is 36.4 Å². The molecule has 0 spiro atoms. The van der Waals surface area contributed by atoms with E-state index in [9.17, 15) is 0 Å². The molecule has 226 valence electrons. The van der Waals surface area contributed by atoms with Crippen LogP contribution in [0.25, 0.3) is 45.3 Å². The van der Waals surface area contributed by atoms with Crippen molar-refractivity contribution in [3.8, 4) is 45.3 Å². The minimum Gasteiger partial charge on any atom is -0.208 e. The third kappa shape index (κ3) is 4.87. The molecule has 0 atom stereocenters. The van der Waals surface area contributed by atoms with Gasteiger partial charge in [-0.2, -0.15) is 0 Å². The van der Waals surface area contributed by atoms with E-state index >= 15 is 0 Å². The van der Waals surface area contributed by atoms with Crippen LogP contribution in [0, 0.1) is 0 Å². The fraction of sp³-hybridized carbons (Fsp3) is 0.114. The summed E-state index contributed by atoms with van der Waals surface area (Å²) < 4.78 is 0. The SMILES string of the molecule is CC(C)(C)c1ccc2c(c1)C(c1ccccc1)(c1ccccc1)c1cc(-c3nc(-c4ccccc4)nc(-c4ccccc4)n3)ccc1-2. The number of benzene rings is 6. The molecular weight excluding hydrogens is 571 g/mol. The molecule has 7 aromatic rings. The van der Waals surface area contributed by atoms with Gasteiger partial charge in [-0.3, -0.25) is 0 Å². The molecule has 0 aliphatic heterocycles. The van der Waals surface area contributed by atoms with Gasteiger partial charge < -0.3 is 0 Å². The van der Waals surface area contributed by atoms with Crippen molar-refractivity contribution in [2.45, 2.75) is 31.6 Å². The molecule has 0 saturated heterocycles. The van der Waals surface area contributed by atoms with E-state index in [0.29, 0.717) is 17.5 Å². The Balaban J connectivity index is 1.42. The number of rotatable bonds is 5. The maximum atomic E-state index is 5.09. The van der Waals surface area contributed by atoms with Crippen molar-refractivity contribution in [3.05, 3.63) is 186 Å². The van der Waals surface area contributed by atoms with Gasteiger partial charge in [0.05, 0.1) is 5.41 Å². The molecule has 1 aromatic heterocycles. The number of fused-ring (bicyclic) bond motifs is 3. The van der Waals surface area contributed by atoms with Crippen LogP contribution in [0.4, 0.5) is 0 Å². The average Bonchev–Trinajstić information content (AvgIpc) is 3.42. The molecule has 0 bridgehead atoms. The Morgan fingerprint density at radius 3 is 1.28 bits per heavy atom. The standard InChI is InChI=1S/C44H35N3/c1-43(2,3)35-25-27-37-36-26-24-32(42-46-40(30-16-8-4-9-17-30)45-41(47-42)31-18-10-5-11-19-31)28-38(36)44(39(37)29-35,33-20-12-6-13-21-33)34-22-14-7-15-23-34/h4-29H,1-3H3. The first-order valence-corrected chi connectivity index (χ1v) is 16.2. The Kier molecular flexibility index (Phi) is 6.91. The van der Waals surface area contributed by atoms with E-state index in [1.54, 1.807) is 0 Å². The average molecular weight is 606 g/mol. The van der Waals surface area contributed by atoms with E-state index in [0.717, 1.165) is 16.7 Å². The lowest BCUT2D eigenvalue weighted by molar-refractivity contribution is 0.588. The summed E-state index contributed by atoms with van der Waals surface area (Å²) in [5.74, 6) is 1.97. The fourth-order valence-electron chi connectivity index (χ4n) is 7.03. The minimum absolute atomic E-state index is 0.000632. The smallest absolute Gasteiger partial charge is 0.164 e. The number of nitrogens with zero attached hydrogens (tertiary/aromatic N) is 3. The van der Waals surface area contributed by atoms with Gasteiger partial charge in [0.2, 0.25) is 0 Å². The molecule has 8 rings (SSSR count). The Hall–Kier alpha value is -5.67. The summed E-state index contributed by atoms with van der Waals surface area (Å²) in [7, 11) is 0. The van der Waals surface area contributed by atoms with Crippen molar-refractivity contribution < 1.29 is 0 Å². The highest BCUT2D eigenvalue weighted by molar-refractivity contribution is 5.88. The fourth-order valence-corrected chi connectivity index (χ4v) is 7.03. The van der Waals surface area contributed by atoms with E-state index in [2.05, 4.69) is 142 Å². The van der Waals surface area contributed by atoms with Crippen LogP contribution in [0.2, 0.25) is 0 Å². The molecule has 47 heavy (non-hydrogen) atoms. The minimum atomic E-state index is -0.526. The predicted octanol–water partition coefficient (Wildman–Crippen LogP) is 10.5. The third-order valence-electron chi connectivity index (χ3n) is 9.37. The van der Waals surface area contributed by atoms with Crippen LogP contribution in [0.3, 0.4) is 0 Å². The molecule has 1 aliphatic carbocycles. The molecule has 1 heterocycles. The third-order valence-corrected chi connectivity index (χ3v) is 9.37. The lowest BCUT2D eigenvalue weighted by Crippen LogP contribution is -2.29. The van der Waals surface area contributed by atoms with Crippen LogP contribution >= 0.6 is 0 Å². The van der Waals surface area contributed by atoms with Crippen molar-refractivity contribution in [2.24, 2.45) is 0 Å². The van der Waals surface area contributed by atoms with Crippen LogP contribution < -0.4 is 0 Å². The molecule has 0 fully saturated rings. The highest BCUT2D eigenvalue weighted by atomic mass is 15.0. The highest BCUT2D eigenvalue weighted by Crippen LogP contribution is 2.57. The number of hydrogen-bond acceptors (Lipinski definition) is 3. The first-order valence-electron chi connectivity index (χ1n) is 16.2. The van der Waals surface area contributed by atoms with E-state index < -0.39 is 5.41 Å². The van der Waals surface area contributed by atoms with Gasteiger partial charge in [-0.05, 0) is 50.4 Å². The molecule has 0 unspecified atom stereocenters. The van der Waals surface area contributed by atoms with Gasteiger partial charge in [0, 0.05) is 16.7 Å². The van der Waals surface area contributed by atoms with Crippen molar-refractivity contribution in [2.75, 3.05) is 0 Å². The summed E-state index contributed by atoms with van der Waals surface area (Å²) in [6, 6.07) is 56.0. The van der Waals surface area contributed by atoms with Crippen LogP contribution in [0.5, 0.6) is 0 Å². The second-order valence-corrected chi connectivity index (χ2v) is 13.3. The second-order valence-electron chi connectivity index (χ2n) is 13.3. The van der Waals surface area contributed by atoms with Gasteiger partial charge in [-0.15, -0.1) is 0 Å². The zero-order valence-corrected chi connectivity index (χ0v) is 26.9. The molecule has 3 heteroatoms. The first-order chi connectivity index (χ1) is 22.9. The zero-order valence-electron chi connectivity index (χ0n) is 26.9. The molecule has 0 amide bonds. The Bertz CT molecular complexity index is 2100. The lowest BCUT2D eigenvalue weighted by Gasteiger charge is -2.35. The normalized spacial score (nSPS) is 13.2. The quantitative estimate of drug-likeness (QED) is 0.196. The molecular formula is C44H35N3. The molecule has 6 aromatic carbocycles. The van der Waals surface area contributed by atoms with Crippen LogP contribution in [0.15, 0.2) is 158 Å².